The van der Waals surface area contributed by atoms with Crippen molar-refractivity contribution in [2.75, 3.05) is 6.54 Å². The number of aryl methyl sites for hydroxylation is 1. The molecule has 0 heterocycles. The van der Waals surface area contributed by atoms with Crippen molar-refractivity contribution in [2.24, 2.45) is 4.99 Å². The van der Waals surface area contributed by atoms with Gasteiger partial charge in [0.15, 0.2) is 0 Å². The molecule has 0 aromatic heterocycles. The van der Waals surface area contributed by atoms with Gasteiger partial charge in [-0.2, -0.15) is 13.2 Å². The van der Waals surface area contributed by atoms with Crippen LogP contribution in [0.3, 0.4) is 0 Å². The minimum atomic E-state index is -4.75. The van der Waals surface area contributed by atoms with Crippen molar-refractivity contribution in [2.45, 2.75) is 32.4 Å². The van der Waals surface area contributed by atoms with Crippen molar-refractivity contribution in [3.05, 3.63) is 42.8 Å². The van der Waals surface area contributed by atoms with Gasteiger partial charge in [0.2, 0.25) is 0 Å². The molecule has 0 radical (unpaired) electrons. The second-order valence-corrected chi connectivity index (χ2v) is 3.97. The van der Waals surface area contributed by atoms with E-state index < -0.39 is 12.1 Å². The molecule has 1 N–H and O–H groups in total. The monoisotopic (exact) mass is 380 g/mol. The second kappa shape index (κ2) is 9.95. The molecule has 6 heteroatoms. The summed E-state index contributed by atoms with van der Waals surface area (Å²) in [4.78, 5) is 3.14. The molecule has 0 fully saturated rings. The van der Waals surface area contributed by atoms with E-state index >= 15 is 0 Å². The van der Waals surface area contributed by atoms with E-state index in [-0.39, 0.29) is 34.4 Å². The summed E-state index contributed by atoms with van der Waals surface area (Å²) in [5.41, 5.74) is 2.11. The Morgan fingerprint density at radius 2 is 1.65 bits per heavy atom. The molecule has 0 spiro atoms. The first-order valence-corrected chi connectivity index (χ1v) is 5.82. The number of rotatable bonds is 5. The van der Waals surface area contributed by atoms with Gasteiger partial charge in [-0.15, -0.1) is 0 Å². The Hall–Kier alpha value is -0.858. The zero-order valence-electron chi connectivity index (χ0n) is 11.5. The maximum absolute atomic E-state index is 12.0. The third-order valence-electron chi connectivity index (χ3n) is 2.53. The molecule has 0 aliphatic carbocycles. The van der Waals surface area contributed by atoms with Crippen molar-refractivity contribution >= 4 is 5.90 Å². The normalized spacial score (nSPS) is 11.5. The van der Waals surface area contributed by atoms with E-state index in [1.54, 1.807) is 0 Å². The summed E-state index contributed by atoms with van der Waals surface area (Å²) in [5, 5.41) is 8.66. The molecule has 1 aromatic carbocycles. The smallest absolute Gasteiger partial charge is 0.467 e. The minimum Gasteiger partial charge on any atom is -0.490 e. The maximum Gasteiger partial charge on any atom is 0.467 e. The molecule has 0 amide bonds. The predicted octanol–water partition coefficient (Wildman–Crippen LogP) is 4.15. The fourth-order valence-corrected chi connectivity index (χ4v) is 1.69. The average Bonchev–Trinajstić information content (AvgIpc) is 2.30. The number of hydrogen-bond donors (Lipinski definition) is 1. The van der Waals surface area contributed by atoms with Crippen LogP contribution in [0, 0.1) is 7.43 Å². The molecule has 20 heavy (non-hydrogen) atoms. The fourth-order valence-electron chi connectivity index (χ4n) is 1.69. The molecular formula is C14H19F3NOPd-. The number of benzene rings is 1. The molecule has 1 aromatic rings. The van der Waals surface area contributed by atoms with Gasteiger partial charge in [-0.25, -0.2) is 4.99 Å². The van der Waals surface area contributed by atoms with Crippen LogP contribution in [0.2, 0.25) is 0 Å². The summed E-state index contributed by atoms with van der Waals surface area (Å²) in [5.74, 6) is -1.75. The first-order chi connectivity index (χ1) is 8.45. The van der Waals surface area contributed by atoms with E-state index in [4.69, 9.17) is 5.11 Å². The summed E-state index contributed by atoms with van der Waals surface area (Å²) in [7, 11) is 0. The van der Waals surface area contributed by atoms with E-state index in [2.05, 4.69) is 4.99 Å². The van der Waals surface area contributed by atoms with E-state index in [1.165, 1.54) is 0 Å². The van der Waals surface area contributed by atoms with Gasteiger partial charge < -0.3 is 12.5 Å². The third kappa shape index (κ3) is 7.07. The summed E-state index contributed by atoms with van der Waals surface area (Å²) in [6, 6.07) is 7.60. The van der Waals surface area contributed by atoms with Crippen molar-refractivity contribution in [1.29, 1.82) is 0 Å². The van der Waals surface area contributed by atoms with Crippen molar-refractivity contribution in [1.82, 2.24) is 0 Å². The standard InChI is InChI=1S/C13H16F3NO.CH3.Pd/c1-2-5-10-6-3-4-7-11(10)8-9-17-12(18)13(14,15)16;;/h3-4,6-7H,2,5,8-9H2,1H3,(H,17,18);1H3;/q;-1;. The number of aliphatic hydroxyl groups excluding tert-OH is 1. The largest absolute Gasteiger partial charge is 0.490 e. The van der Waals surface area contributed by atoms with Gasteiger partial charge >= 0.3 is 6.18 Å². The minimum absolute atomic E-state index is 0. The summed E-state index contributed by atoms with van der Waals surface area (Å²) in [6.45, 7) is 1.98. The number of halogens is 3. The van der Waals surface area contributed by atoms with Gasteiger partial charge in [-0.1, -0.05) is 37.6 Å². The third-order valence-corrected chi connectivity index (χ3v) is 2.53. The van der Waals surface area contributed by atoms with Gasteiger partial charge in [-0.3, -0.25) is 0 Å². The molecular weight excluding hydrogens is 362 g/mol. The van der Waals surface area contributed by atoms with Crippen molar-refractivity contribution in [3.8, 4) is 0 Å². The van der Waals surface area contributed by atoms with Crippen molar-refractivity contribution in [3.63, 3.8) is 0 Å². The van der Waals surface area contributed by atoms with Gasteiger partial charge in [-0.05, 0) is 24.0 Å². The Morgan fingerprint density at radius 1 is 1.15 bits per heavy atom. The summed E-state index contributed by atoms with van der Waals surface area (Å²) in [6.07, 6.45) is -2.47. The van der Waals surface area contributed by atoms with Crippen LogP contribution in [0.1, 0.15) is 24.5 Å². The molecule has 118 valence electrons. The molecule has 0 atom stereocenters. The summed E-state index contributed by atoms with van der Waals surface area (Å²) >= 11 is 0. The van der Waals surface area contributed by atoms with Crippen LogP contribution in [0.4, 0.5) is 13.2 Å². The van der Waals surface area contributed by atoms with Gasteiger partial charge in [0.25, 0.3) is 5.90 Å². The Labute approximate surface area is 131 Å². The fraction of sp³-hybridized carbons (Fsp3) is 0.429. The number of hydrogen-bond acceptors (Lipinski definition) is 1. The SMILES string of the molecule is CCCc1ccccc1CCN=C(O)C(F)(F)F.[CH3-].[Pd]. The zero-order chi connectivity index (χ0) is 13.6. The topological polar surface area (TPSA) is 32.6 Å². The molecule has 0 saturated carbocycles. The van der Waals surface area contributed by atoms with Crippen LogP contribution >= 0.6 is 0 Å². The van der Waals surface area contributed by atoms with E-state index in [0.717, 1.165) is 24.0 Å². The number of alkyl halides is 3. The number of nitrogens with zero attached hydrogens (tertiary/aromatic N) is 1. The first kappa shape index (κ1) is 21.4. The van der Waals surface area contributed by atoms with E-state index in [0.29, 0.717) is 6.42 Å². The van der Waals surface area contributed by atoms with Gasteiger partial charge in [0, 0.05) is 27.0 Å². The predicted molar refractivity (Wildman–Crippen MR) is 71.5 cm³/mol. The van der Waals surface area contributed by atoms with Crippen LogP contribution in [0.5, 0.6) is 0 Å². The first-order valence-electron chi connectivity index (χ1n) is 5.82. The Balaban J connectivity index is 0. The molecule has 1 rings (SSSR count). The quantitative estimate of drug-likeness (QED) is 0.354. The number of aliphatic hydroxyl groups is 1. The molecule has 0 aliphatic rings. The van der Waals surface area contributed by atoms with Crippen LogP contribution in [0.15, 0.2) is 29.3 Å². The van der Waals surface area contributed by atoms with Crippen molar-refractivity contribution < 1.29 is 38.7 Å². The molecule has 0 aliphatic heterocycles. The van der Waals surface area contributed by atoms with E-state index in [1.807, 2.05) is 31.2 Å². The Morgan fingerprint density at radius 3 is 2.10 bits per heavy atom. The van der Waals surface area contributed by atoms with Gasteiger partial charge in [0.1, 0.15) is 0 Å². The molecule has 2 nitrogen and oxygen atoms in total. The van der Waals surface area contributed by atoms with Crippen LogP contribution in [-0.2, 0) is 33.3 Å². The van der Waals surface area contributed by atoms with Crippen LogP contribution < -0.4 is 0 Å². The Kier molecular flexibility index (Phi) is 10.7. The van der Waals surface area contributed by atoms with Crippen LogP contribution in [0.25, 0.3) is 0 Å². The van der Waals surface area contributed by atoms with E-state index in [9.17, 15) is 13.2 Å². The van der Waals surface area contributed by atoms with Gasteiger partial charge in [0.05, 0.1) is 0 Å². The molecule has 0 bridgehead atoms. The molecule has 0 unspecified atom stereocenters. The molecule has 0 saturated heterocycles. The Bertz CT molecular complexity index is 419. The average molecular weight is 381 g/mol. The zero-order valence-corrected chi connectivity index (χ0v) is 13.0. The summed E-state index contributed by atoms with van der Waals surface area (Å²) < 4.78 is 36.0. The second-order valence-electron chi connectivity index (χ2n) is 3.97. The maximum atomic E-state index is 12.0. The number of aliphatic imine (C=N–C) groups is 1. The van der Waals surface area contributed by atoms with Crippen LogP contribution in [-0.4, -0.2) is 23.7 Å².